The van der Waals surface area contributed by atoms with Crippen molar-refractivity contribution in [3.8, 4) is 0 Å². The van der Waals surface area contributed by atoms with E-state index in [4.69, 9.17) is 4.42 Å². The average molecular weight is 340 g/mol. The van der Waals surface area contributed by atoms with Crippen LogP contribution >= 0.6 is 0 Å². The number of hydrogen-bond acceptors (Lipinski definition) is 5. The molecule has 0 aliphatic heterocycles. The summed E-state index contributed by atoms with van der Waals surface area (Å²) in [5.74, 6) is 0.0458. The lowest BCUT2D eigenvalue weighted by Crippen LogP contribution is -2.12. The van der Waals surface area contributed by atoms with Crippen LogP contribution in [0.2, 0.25) is 0 Å². The third kappa shape index (κ3) is 3.74. The summed E-state index contributed by atoms with van der Waals surface area (Å²) in [5, 5.41) is 17.2. The highest BCUT2D eigenvalue weighted by Crippen LogP contribution is 2.18. The molecule has 0 aliphatic carbocycles. The number of nitrogens with one attached hydrogen (secondary N) is 1. The third-order valence-electron chi connectivity index (χ3n) is 3.65. The quantitative estimate of drug-likeness (QED) is 0.567. The lowest BCUT2D eigenvalue weighted by molar-refractivity contribution is -0.389. The van der Waals surface area contributed by atoms with E-state index in [1.165, 1.54) is 16.9 Å². The van der Waals surface area contributed by atoms with Crippen LogP contribution in [0.5, 0.6) is 0 Å². The topological polar surface area (TPSA) is 103 Å². The molecule has 0 spiro atoms. The summed E-state index contributed by atoms with van der Waals surface area (Å²) >= 11 is 0. The molecule has 0 unspecified atom stereocenters. The van der Waals surface area contributed by atoms with Gasteiger partial charge < -0.3 is 19.8 Å². The van der Waals surface area contributed by atoms with Gasteiger partial charge in [-0.25, -0.2) is 0 Å². The fourth-order valence-electron chi connectivity index (χ4n) is 2.42. The number of carbonyl (C=O) groups excluding carboxylic acids is 1. The molecule has 128 valence electrons. The minimum absolute atomic E-state index is 0.164. The smallest absolute Gasteiger partial charge is 0.389 e. The van der Waals surface area contributed by atoms with Gasteiger partial charge in [-0.3, -0.25) is 4.79 Å². The lowest BCUT2D eigenvalue weighted by atomic mass is 10.1. The van der Waals surface area contributed by atoms with Crippen LogP contribution in [0.4, 0.5) is 11.5 Å². The Bertz CT molecular complexity index is 942. The minimum Gasteiger partial charge on any atom is -0.454 e. The van der Waals surface area contributed by atoms with Crippen LogP contribution in [-0.2, 0) is 6.54 Å². The second kappa shape index (κ2) is 6.60. The van der Waals surface area contributed by atoms with Crippen LogP contribution in [0.15, 0.2) is 47.0 Å². The molecule has 2 aromatic heterocycles. The Morgan fingerprint density at radius 3 is 2.76 bits per heavy atom. The van der Waals surface area contributed by atoms with Crippen LogP contribution in [0.25, 0.3) is 0 Å². The maximum atomic E-state index is 12.3. The third-order valence-corrected chi connectivity index (χ3v) is 3.65. The Morgan fingerprint density at radius 1 is 1.28 bits per heavy atom. The molecule has 1 N–H and O–H groups in total. The molecule has 1 aromatic carbocycles. The number of hydrogen-bond donors (Lipinski definition) is 1. The van der Waals surface area contributed by atoms with Crippen LogP contribution in [0, 0.1) is 24.0 Å². The maximum Gasteiger partial charge on any atom is 0.389 e. The van der Waals surface area contributed by atoms with Gasteiger partial charge in [0.2, 0.25) is 0 Å². The molecule has 8 heteroatoms. The van der Waals surface area contributed by atoms with Crippen molar-refractivity contribution in [2.24, 2.45) is 0 Å². The summed E-state index contributed by atoms with van der Waals surface area (Å²) in [6.07, 6.45) is 1.48. The molecule has 0 radical (unpaired) electrons. The predicted molar refractivity (Wildman–Crippen MR) is 90.6 cm³/mol. The summed E-state index contributed by atoms with van der Waals surface area (Å²) in [5.41, 5.74) is 2.80. The van der Waals surface area contributed by atoms with Crippen molar-refractivity contribution in [3.05, 3.63) is 75.4 Å². The van der Waals surface area contributed by atoms with E-state index in [9.17, 15) is 14.9 Å². The van der Waals surface area contributed by atoms with Crippen LogP contribution in [0.3, 0.4) is 0 Å². The Balaban J connectivity index is 1.69. The van der Waals surface area contributed by atoms with Gasteiger partial charge >= 0.3 is 5.82 Å². The first-order chi connectivity index (χ1) is 11.9. The zero-order valence-corrected chi connectivity index (χ0v) is 13.7. The number of carbonyl (C=O) groups is 1. The van der Waals surface area contributed by atoms with Gasteiger partial charge in [0.15, 0.2) is 5.76 Å². The fraction of sp³-hybridized carbons (Fsp3) is 0.176. The average Bonchev–Trinajstić information content (AvgIpc) is 3.20. The van der Waals surface area contributed by atoms with E-state index >= 15 is 0 Å². The molecule has 0 saturated carbocycles. The van der Waals surface area contributed by atoms with E-state index in [0.29, 0.717) is 5.76 Å². The molecular weight excluding hydrogens is 324 g/mol. The van der Waals surface area contributed by atoms with Crippen molar-refractivity contribution >= 4 is 17.4 Å². The second-order valence-corrected chi connectivity index (χ2v) is 5.67. The Kier molecular flexibility index (Phi) is 4.34. The molecule has 0 atom stereocenters. The van der Waals surface area contributed by atoms with Gasteiger partial charge in [-0.05, 0) is 42.5 Å². The molecular formula is C17H16N4O4. The number of furan rings is 1. The van der Waals surface area contributed by atoms with Crippen molar-refractivity contribution in [2.45, 2.75) is 20.4 Å². The van der Waals surface area contributed by atoms with E-state index in [0.717, 1.165) is 16.8 Å². The molecule has 0 fully saturated rings. The van der Waals surface area contributed by atoms with Gasteiger partial charge in [0.25, 0.3) is 5.91 Å². The highest BCUT2D eigenvalue weighted by atomic mass is 16.6. The first-order valence-corrected chi connectivity index (χ1v) is 7.57. The SMILES string of the molecule is Cc1ccc(NC(=O)c2ccc(Cn3ccc([N+](=O)[O-])n3)o2)c(C)c1. The van der Waals surface area contributed by atoms with Crippen molar-refractivity contribution in [3.63, 3.8) is 0 Å². The number of amides is 1. The van der Waals surface area contributed by atoms with E-state index in [2.05, 4.69) is 10.4 Å². The summed E-state index contributed by atoms with van der Waals surface area (Å²) in [7, 11) is 0. The fourth-order valence-corrected chi connectivity index (χ4v) is 2.42. The number of benzene rings is 1. The van der Waals surface area contributed by atoms with E-state index < -0.39 is 4.92 Å². The normalized spacial score (nSPS) is 10.6. The van der Waals surface area contributed by atoms with Gasteiger partial charge in [0, 0.05) is 5.69 Å². The molecule has 0 saturated heterocycles. The molecule has 3 aromatic rings. The van der Waals surface area contributed by atoms with Gasteiger partial charge in [0.05, 0.1) is 17.4 Å². The monoisotopic (exact) mass is 340 g/mol. The Hall–Kier alpha value is -3.42. The molecule has 25 heavy (non-hydrogen) atoms. The second-order valence-electron chi connectivity index (χ2n) is 5.67. The number of aryl methyl sites for hydroxylation is 2. The molecule has 8 nitrogen and oxygen atoms in total. The van der Waals surface area contributed by atoms with Crippen LogP contribution < -0.4 is 5.32 Å². The van der Waals surface area contributed by atoms with Gasteiger partial charge in [-0.15, -0.1) is 0 Å². The largest absolute Gasteiger partial charge is 0.454 e. The number of anilines is 1. The first kappa shape index (κ1) is 16.4. The molecule has 0 aliphatic rings. The van der Waals surface area contributed by atoms with E-state index in [1.54, 1.807) is 12.1 Å². The molecule has 2 heterocycles. The highest BCUT2D eigenvalue weighted by molar-refractivity contribution is 6.02. The summed E-state index contributed by atoms with van der Waals surface area (Å²) in [6, 6.07) is 10.2. The van der Waals surface area contributed by atoms with Gasteiger partial charge in [0.1, 0.15) is 12.3 Å². The van der Waals surface area contributed by atoms with Crippen molar-refractivity contribution in [1.29, 1.82) is 0 Å². The summed E-state index contributed by atoms with van der Waals surface area (Å²) < 4.78 is 6.89. The zero-order chi connectivity index (χ0) is 18.0. The summed E-state index contributed by atoms with van der Waals surface area (Å²) in [4.78, 5) is 22.4. The standard InChI is InChI=1S/C17H16N4O4/c1-11-3-5-14(12(2)9-11)18-17(22)15-6-4-13(25-15)10-20-8-7-16(19-20)21(23)24/h3-9H,10H2,1-2H3,(H,18,22). The van der Waals surface area contributed by atoms with Crippen molar-refractivity contribution in [1.82, 2.24) is 9.78 Å². The van der Waals surface area contributed by atoms with Crippen LogP contribution in [0.1, 0.15) is 27.4 Å². The number of nitrogens with zero attached hydrogens (tertiary/aromatic N) is 3. The first-order valence-electron chi connectivity index (χ1n) is 7.57. The van der Waals surface area contributed by atoms with Crippen LogP contribution in [-0.4, -0.2) is 20.6 Å². The molecule has 0 bridgehead atoms. The number of aromatic nitrogens is 2. The predicted octanol–water partition coefficient (Wildman–Crippen LogP) is 3.30. The maximum absolute atomic E-state index is 12.3. The number of rotatable bonds is 5. The van der Waals surface area contributed by atoms with Crippen molar-refractivity contribution < 1.29 is 14.1 Å². The van der Waals surface area contributed by atoms with Gasteiger partial charge in [-0.1, -0.05) is 17.7 Å². The highest BCUT2D eigenvalue weighted by Gasteiger charge is 2.15. The van der Waals surface area contributed by atoms with E-state index in [-0.39, 0.29) is 24.0 Å². The number of nitro groups is 1. The minimum atomic E-state index is -0.568. The molecule has 3 rings (SSSR count). The van der Waals surface area contributed by atoms with E-state index in [1.807, 2.05) is 32.0 Å². The lowest BCUT2D eigenvalue weighted by Gasteiger charge is -2.07. The zero-order valence-electron chi connectivity index (χ0n) is 13.7. The Labute approximate surface area is 143 Å². The van der Waals surface area contributed by atoms with Crippen molar-refractivity contribution in [2.75, 3.05) is 5.32 Å². The Morgan fingerprint density at radius 2 is 2.08 bits per heavy atom. The molecule has 1 amide bonds. The summed E-state index contributed by atoms with van der Waals surface area (Å²) in [6.45, 7) is 4.10. The van der Waals surface area contributed by atoms with Gasteiger partial charge in [-0.2, -0.15) is 4.68 Å².